The van der Waals surface area contributed by atoms with Crippen LogP contribution in [0.5, 0.6) is 5.75 Å². The number of rotatable bonds is 12. The molecule has 2 rings (SSSR count). The van der Waals surface area contributed by atoms with Crippen molar-refractivity contribution in [3.8, 4) is 5.75 Å². The smallest absolute Gasteiger partial charge is 0.176 e. The lowest BCUT2D eigenvalue weighted by molar-refractivity contribution is 0.0956. The summed E-state index contributed by atoms with van der Waals surface area (Å²) in [5, 5.41) is 15.0. The van der Waals surface area contributed by atoms with Crippen molar-refractivity contribution in [2.45, 2.75) is 38.7 Å². The molecule has 2 aromatic rings. The van der Waals surface area contributed by atoms with Crippen LogP contribution in [0.2, 0.25) is 0 Å². The van der Waals surface area contributed by atoms with Crippen LogP contribution in [0, 0.1) is 0 Å². The number of nitrogens with one attached hydrogen (secondary N) is 1. The molecule has 2 N–H and O–H groups in total. The van der Waals surface area contributed by atoms with Crippen LogP contribution in [0.4, 0.5) is 0 Å². The monoisotopic (exact) mass is 361 g/mol. The van der Waals surface area contributed by atoms with E-state index in [1.807, 2.05) is 35.7 Å². The van der Waals surface area contributed by atoms with E-state index in [-0.39, 0.29) is 12.4 Å². The van der Waals surface area contributed by atoms with Gasteiger partial charge in [-0.3, -0.25) is 4.79 Å². The molecular weight excluding hydrogens is 334 g/mol. The minimum atomic E-state index is -0.580. The van der Waals surface area contributed by atoms with E-state index < -0.39 is 6.10 Å². The second kappa shape index (κ2) is 11.0. The summed E-state index contributed by atoms with van der Waals surface area (Å²) in [4.78, 5) is 13.1. The minimum Gasteiger partial charge on any atom is -0.489 e. The van der Waals surface area contributed by atoms with E-state index in [9.17, 15) is 9.90 Å². The van der Waals surface area contributed by atoms with Crippen molar-refractivity contribution in [2.75, 3.05) is 19.7 Å². The summed E-state index contributed by atoms with van der Waals surface area (Å²) in [5.41, 5.74) is 1.16. The van der Waals surface area contributed by atoms with E-state index in [4.69, 9.17) is 4.74 Å². The van der Waals surface area contributed by atoms with Gasteiger partial charge in [0.25, 0.3) is 0 Å². The van der Waals surface area contributed by atoms with Crippen LogP contribution < -0.4 is 10.1 Å². The van der Waals surface area contributed by atoms with E-state index in [0.717, 1.165) is 31.4 Å². The molecule has 0 saturated heterocycles. The summed E-state index contributed by atoms with van der Waals surface area (Å²) in [6, 6.07) is 11.8. The average Bonchev–Trinajstić information content (AvgIpc) is 3.11. The zero-order valence-corrected chi connectivity index (χ0v) is 15.6. The first kappa shape index (κ1) is 19.6. The molecule has 1 unspecified atom stereocenters. The number of ketones is 1. The molecule has 0 aliphatic heterocycles. The lowest BCUT2D eigenvalue weighted by Gasteiger charge is -2.13. The van der Waals surface area contributed by atoms with Crippen molar-refractivity contribution in [3.63, 3.8) is 0 Å². The zero-order valence-electron chi connectivity index (χ0n) is 14.7. The average molecular weight is 362 g/mol. The van der Waals surface area contributed by atoms with Crippen molar-refractivity contribution in [3.05, 3.63) is 52.2 Å². The van der Waals surface area contributed by atoms with Crippen molar-refractivity contribution in [2.24, 2.45) is 0 Å². The Bertz CT molecular complexity index is 627. The van der Waals surface area contributed by atoms with Gasteiger partial charge in [-0.2, -0.15) is 0 Å². The third-order valence-corrected chi connectivity index (χ3v) is 4.82. The number of benzene rings is 1. The lowest BCUT2D eigenvalue weighted by atomic mass is 10.1. The number of hydrogen-bond donors (Lipinski definition) is 2. The third kappa shape index (κ3) is 6.98. The minimum absolute atomic E-state index is 0.0874. The van der Waals surface area contributed by atoms with Gasteiger partial charge in [-0.15, -0.1) is 11.3 Å². The van der Waals surface area contributed by atoms with Crippen molar-refractivity contribution >= 4 is 17.1 Å². The SMILES string of the molecule is CCCCNCC(O)COc1ccsc1C(=O)CCc1ccccc1. The molecule has 0 saturated carbocycles. The van der Waals surface area contributed by atoms with Crippen molar-refractivity contribution in [1.29, 1.82) is 0 Å². The van der Waals surface area contributed by atoms with Crippen LogP contribution in [0.25, 0.3) is 0 Å². The number of aliphatic hydroxyl groups excluding tert-OH is 1. The highest BCUT2D eigenvalue weighted by Crippen LogP contribution is 2.27. The standard InChI is InChI=1S/C20H27NO3S/c1-2-3-12-21-14-17(22)15-24-19-11-13-25-20(19)18(23)10-9-16-7-5-4-6-8-16/h4-8,11,13,17,21-22H,2-3,9-10,12,14-15H2,1H3. The van der Waals surface area contributed by atoms with Crippen LogP contribution in [0.15, 0.2) is 41.8 Å². The fourth-order valence-corrected chi connectivity index (χ4v) is 3.25. The number of carbonyl (C=O) groups excluding carboxylic acids is 1. The topological polar surface area (TPSA) is 58.6 Å². The second-order valence-corrected chi connectivity index (χ2v) is 6.96. The fraction of sp³-hybridized carbons (Fsp3) is 0.450. The summed E-state index contributed by atoms with van der Waals surface area (Å²) >= 11 is 1.40. The summed E-state index contributed by atoms with van der Waals surface area (Å²) in [7, 11) is 0. The number of hydrogen-bond acceptors (Lipinski definition) is 5. The Kier molecular flexibility index (Phi) is 8.66. The number of carbonyl (C=O) groups is 1. The molecule has 0 spiro atoms. The van der Waals surface area contributed by atoms with Gasteiger partial charge in [-0.1, -0.05) is 43.7 Å². The van der Waals surface area contributed by atoms with Crippen LogP contribution in [-0.4, -0.2) is 36.7 Å². The molecule has 0 amide bonds. The molecule has 136 valence electrons. The van der Waals surface area contributed by atoms with Crippen LogP contribution in [-0.2, 0) is 6.42 Å². The van der Waals surface area contributed by atoms with Gasteiger partial charge in [0.1, 0.15) is 23.3 Å². The molecular formula is C20H27NO3S. The highest BCUT2D eigenvalue weighted by atomic mass is 32.1. The van der Waals surface area contributed by atoms with Gasteiger partial charge >= 0.3 is 0 Å². The first-order valence-electron chi connectivity index (χ1n) is 8.87. The van der Waals surface area contributed by atoms with Gasteiger partial charge in [0.05, 0.1) is 0 Å². The Morgan fingerprint density at radius 1 is 1.28 bits per heavy atom. The maximum atomic E-state index is 12.4. The van der Waals surface area contributed by atoms with Gasteiger partial charge in [0, 0.05) is 13.0 Å². The molecule has 25 heavy (non-hydrogen) atoms. The van der Waals surface area contributed by atoms with Crippen LogP contribution >= 0.6 is 11.3 Å². The first-order chi connectivity index (χ1) is 12.2. The predicted octanol–water partition coefficient (Wildman–Crippen LogP) is 3.69. The fourth-order valence-electron chi connectivity index (χ4n) is 2.45. The van der Waals surface area contributed by atoms with E-state index in [2.05, 4.69) is 12.2 Å². The summed E-state index contributed by atoms with van der Waals surface area (Å²) < 4.78 is 5.67. The van der Waals surface area contributed by atoms with Crippen molar-refractivity contribution < 1.29 is 14.6 Å². The van der Waals surface area contributed by atoms with E-state index in [0.29, 0.717) is 23.6 Å². The van der Waals surface area contributed by atoms with Gasteiger partial charge < -0.3 is 15.2 Å². The molecule has 1 heterocycles. The maximum Gasteiger partial charge on any atom is 0.176 e. The molecule has 0 aliphatic carbocycles. The lowest BCUT2D eigenvalue weighted by Crippen LogP contribution is -2.32. The zero-order chi connectivity index (χ0) is 17.9. The largest absolute Gasteiger partial charge is 0.489 e. The quantitative estimate of drug-likeness (QED) is 0.447. The van der Waals surface area contributed by atoms with Gasteiger partial charge in [0.15, 0.2) is 5.78 Å². The number of unbranched alkanes of at least 4 members (excludes halogenated alkanes) is 1. The van der Waals surface area contributed by atoms with Gasteiger partial charge in [-0.25, -0.2) is 0 Å². The van der Waals surface area contributed by atoms with Crippen molar-refractivity contribution in [1.82, 2.24) is 5.32 Å². The number of aryl methyl sites for hydroxylation is 1. The second-order valence-electron chi connectivity index (χ2n) is 6.05. The van der Waals surface area contributed by atoms with Gasteiger partial charge in [0.2, 0.25) is 0 Å². The third-order valence-electron chi connectivity index (χ3n) is 3.88. The maximum absolute atomic E-state index is 12.4. The number of Topliss-reactive ketones (excluding diaryl/α,β-unsaturated/α-hetero) is 1. The Morgan fingerprint density at radius 2 is 2.08 bits per heavy atom. The summed E-state index contributed by atoms with van der Waals surface area (Å²) in [6.07, 6.45) is 2.83. The van der Waals surface area contributed by atoms with E-state index in [1.54, 1.807) is 6.07 Å². The molecule has 0 fully saturated rings. The van der Waals surface area contributed by atoms with E-state index in [1.165, 1.54) is 11.3 Å². The predicted molar refractivity (Wildman–Crippen MR) is 103 cm³/mol. The number of thiophene rings is 1. The molecule has 0 aliphatic rings. The summed E-state index contributed by atoms with van der Waals surface area (Å²) in [5.74, 6) is 0.667. The molecule has 0 radical (unpaired) electrons. The van der Waals surface area contributed by atoms with Crippen LogP contribution in [0.3, 0.4) is 0 Å². The molecule has 4 nitrogen and oxygen atoms in total. The molecule has 0 bridgehead atoms. The molecule has 1 atom stereocenters. The normalized spacial score (nSPS) is 12.1. The molecule has 5 heteroatoms. The summed E-state index contributed by atoms with van der Waals surface area (Å²) in [6.45, 7) is 3.72. The van der Waals surface area contributed by atoms with E-state index >= 15 is 0 Å². The number of aliphatic hydroxyl groups is 1. The molecule has 1 aromatic carbocycles. The molecule has 1 aromatic heterocycles. The Morgan fingerprint density at radius 3 is 2.84 bits per heavy atom. The Labute approximate surface area is 153 Å². The van der Waals surface area contributed by atoms with Crippen LogP contribution in [0.1, 0.15) is 41.4 Å². The van der Waals surface area contributed by atoms with Gasteiger partial charge in [-0.05, 0) is 36.4 Å². The highest BCUT2D eigenvalue weighted by Gasteiger charge is 2.15. The Balaban J connectivity index is 1.77. The highest BCUT2D eigenvalue weighted by molar-refractivity contribution is 7.12. The first-order valence-corrected chi connectivity index (χ1v) is 9.75. The number of ether oxygens (including phenoxy) is 1. The Hall–Kier alpha value is -1.69.